The number of likely N-dealkylation sites (tertiary alicyclic amines) is 1. The molecule has 1 fully saturated rings. The maximum atomic E-state index is 12.2. The normalized spacial score (nSPS) is 14.9. The molecule has 2 aromatic carbocycles. The third-order valence-electron chi connectivity index (χ3n) is 6.74. The van der Waals surface area contributed by atoms with E-state index < -0.39 is 0 Å². The van der Waals surface area contributed by atoms with Crippen LogP contribution in [0.3, 0.4) is 0 Å². The van der Waals surface area contributed by atoms with Crippen molar-refractivity contribution in [2.75, 3.05) is 46.5 Å². The van der Waals surface area contributed by atoms with E-state index in [4.69, 9.17) is 5.73 Å². The van der Waals surface area contributed by atoms with E-state index in [1.807, 2.05) is 38.1 Å². The number of amides is 1. The summed E-state index contributed by atoms with van der Waals surface area (Å²) in [6.07, 6.45) is 7.96. The molecule has 0 saturated carbocycles. The molecule has 1 saturated heterocycles. The van der Waals surface area contributed by atoms with Gasteiger partial charge in [-0.15, -0.1) is 0 Å². The molecular formula is C33H43N5O. The maximum absolute atomic E-state index is 12.2. The number of hydrogen-bond acceptors (Lipinski definition) is 5. The lowest BCUT2D eigenvalue weighted by Crippen LogP contribution is -2.34. The summed E-state index contributed by atoms with van der Waals surface area (Å²) in [5, 5.41) is 9.38. The summed E-state index contributed by atoms with van der Waals surface area (Å²) >= 11 is 0. The van der Waals surface area contributed by atoms with Crippen LogP contribution < -0.4 is 5.73 Å². The fourth-order valence-electron chi connectivity index (χ4n) is 4.71. The van der Waals surface area contributed by atoms with Gasteiger partial charge in [-0.3, -0.25) is 14.7 Å². The van der Waals surface area contributed by atoms with Gasteiger partial charge < -0.3 is 10.6 Å². The molecule has 2 N–H and O–H groups in total. The number of aliphatic imine (C=N–C) groups is 1. The van der Waals surface area contributed by atoms with Crippen molar-refractivity contribution in [2.45, 2.75) is 39.5 Å². The van der Waals surface area contributed by atoms with Crippen LogP contribution in [-0.4, -0.2) is 62.7 Å². The number of hydrogen-bond donors (Lipinski definition) is 1. The van der Waals surface area contributed by atoms with Gasteiger partial charge >= 0.3 is 0 Å². The molecule has 6 heteroatoms. The van der Waals surface area contributed by atoms with Crippen molar-refractivity contribution in [2.24, 2.45) is 4.99 Å². The highest BCUT2D eigenvalue weighted by atomic mass is 16.2. The molecule has 1 amide bonds. The quantitative estimate of drug-likeness (QED) is 0.248. The number of benzene rings is 2. The maximum Gasteiger partial charge on any atom is 0.253 e. The van der Waals surface area contributed by atoms with Gasteiger partial charge in [-0.1, -0.05) is 50.3 Å². The molecule has 1 heterocycles. The fraction of sp³-hybridized carbons (Fsp3) is 0.364. The number of carbonyl (C=O) groups is 1. The lowest BCUT2D eigenvalue weighted by Gasteiger charge is -2.32. The Balaban J connectivity index is 0.00000260. The van der Waals surface area contributed by atoms with Gasteiger partial charge in [-0.2, -0.15) is 5.26 Å². The number of nitrogen functional groups attached to an aromatic ring is 1. The molecule has 1 aliphatic heterocycles. The van der Waals surface area contributed by atoms with Gasteiger partial charge in [0, 0.05) is 45.2 Å². The molecule has 39 heavy (non-hydrogen) atoms. The highest BCUT2D eigenvalue weighted by Crippen LogP contribution is 2.30. The zero-order valence-corrected chi connectivity index (χ0v) is 24.4. The largest absolute Gasteiger partial charge is 0.398 e. The van der Waals surface area contributed by atoms with Gasteiger partial charge in [0.05, 0.1) is 5.56 Å². The van der Waals surface area contributed by atoms with Gasteiger partial charge in [-0.25, -0.2) is 0 Å². The summed E-state index contributed by atoms with van der Waals surface area (Å²) in [5.41, 5.74) is 12.8. The van der Waals surface area contributed by atoms with E-state index in [1.165, 1.54) is 11.1 Å². The van der Waals surface area contributed by atoms with E-state index in [-0.39, 0.29) is 5.91 Å². The molecule has 3 rings (SSSR count). The lowest BCUT2D eigenvalue weighted by atomic mass is 9.88. The minimum Gasteiger partial charge on any atom is -0.398 e. The third-order valence-corrected chi connectivity index (χ3v) is 6.74. The average molecular weight is 526 g/mol. The van der Waals surface area contributed by atoms with Crippen molar-refractivity contribution in [3.05, 3.63) is 94.6 Å². The second kappa shape index (κ2) is 15.5. The molecule has 0 aromatic heterocycles. The van der Waals surface area contributed by atoms with Gasteiger partial charge in [-0.05, 0) is 91.4 Å². The number of nitrogens with two attached hydrogens (primary N) is 1. The fourth-order valence-corrected chi connectivity index (χ4v) is 4.71. The standard InChI is InChI=1S/C31H37N5O.C2H6/c1-22(18-23(2)29(12-15-34-3)27-10-11-30(33)28(19-27)20-32)21-36-16-13-25(14-17-36)24-6-8-26(9-7-24)31(37)35(4)5;1-2/h6-12,15,18-19,25H,2,13-14,16-17,21,33H2,1,3-5H3;1-2H3/b22-18+,29-12+,34-15?;. The number of rotatable bonds is 8. The van der Waals surface area contributed by atoms with E-state index in [0.29, 0.717) is 17.2 Å². The topological polar surface area (TPSA) is 85.7 Å². The minimum absolute atomic E-state index is 0.0344. The van der Waals surface area contributed by atoms with Crippen LogP contribution in [0.4, 0.5) is 5.69 Å². The second-order valence-electron chi connectivity index (χ2n) is 9.79. The van der Waals surface area contributed by atoms with E-state index in [9.17, 15) is 10.1 Å². The highest BCUT2D eigenvalue weighted by molar-refractivity contribution is 5.94. The molecule has 0 aliphatic carbocycles. The van der Waals surface area contributed by atoms with E-state index in [1.54, 1.807) is 44.4 Å². The molecule has 6 nitrogen and oxygen atoms in total. The molecule has 0 atom stereocenters. The van der Waals surface area contributed by atoms with Crippen molar-refractivity contribution in [3.63, 3.8) is 0 Å². The van der Waals surface area contributed by atoms with Gasteiger partial charge in [0.1, 0.15) is 6.07 Å². The molecule has 0 spiro atoms. The summed E-state index contributed by atoms with van der Waals surface area (Å²) in [5.74, 6) is 0.550. The van der Waals surface area contributed by atoms with Crippen molar-refractivity contribution < 1.29 is 4.79 Å². The Kier molecular flexibility index (Phi) is 12.4. The highest BCUT2D eigenvalue weighted by Gasteiger charge is 2.21. The first kappa shape index (κ1) is 31.3. The second-order valence-corrected chi connectivity index (χ2v) is 9.79. The van der Waals surface area contributed by atoms with Crippen molar-refractivity contribution in [1.29, 1.82) is 5.26 Å². The van der Waals surface area contributed by atoms with Crippen LogP contribution in [0.25, 0.3) is 5.57 Å². The van der Waals surface area contributed by atoms with E-state index in [2.05, 4.69) is 47.7 Å². The Labute approximate surface area is 234 Å². The predicted molar refractivity (Wildman–Crippen MR) is 165 cm³/mol. The molecule has 0 bridgehead atoms. The van der Waals surface area contributed by atoms with Crippen molar-refractivity contribution in [3.8, 4) is 6.07 Å². The Hall–Kier alpha value is -3.95. The molecule has 2 aromatic rings. The Morgan fingerprint density at radius 3 is 2.33 bits per heavy atom. The zero-order chi connectivity index (χ0) is 28.9. The minimum atomic E-state index is 0.0344. The number of carbonyl (C=O) groups excluding carboxylic acids is 1. The number of nitriles is 1. The molecule has 1 aliphatic rings. The van der Waals surface area contributed by atoms with Crippen molar-refractivity contribution >= 4 is 23.4 Å². The molecule has 0 unspecified atom stereocenters. The van der Waals surface area contributed by atoms with Crippen molar-refractivity contribution in [1.82, 2.24) is 9.80 Å². The van der Waals surface area contributed by atoms with Crippen LogP contribution in [0.1, 0.15) is 66.6 Å². The summed E-state index contributed by atoms with van der Waals surface area (Å²) in [6.45, 7) is 13.4. The third kappa shape index (κ3) is 8.80. The smallest absolute Gasteiger partial charge is 0.253 e. The Morgan fingerprint density at radius 2 is 1.77 bits per heavy atom. The first-order valence-corrected chi connectivity index (χ1v) is 13.6. The average Bonchev–Trinajstić information content (AvgIpc) is 2.95. The lowest BCUT2D eigenvalue weighted by molar-refractivity contribution is 0.0827. The number of allylic oxidation sites excluding steroid dienone is 4. The number of nitrogens with zero attached hydrogens (tertiary/aromatic N) is 4. The van der Waals surface area contributed by atoms with Gasteiger partial charge in [0.2, 0.25) is 0 Å². The van der Waals surface area contributed by atoms with Crippen LogP contribution in [0.15, 0.2) is 77.3 Å². The van der Waals surface area contributed by atoms with E-state index in [0.717, 1.165) is 54.7 Å². The van der Waals surface area contributed by atoms with E-state index >= 15 is 0 Å². The van der Waals surface area contributed by atoms with Crippen LogP contribution in [0.2, 0.25) is 0 Å². The van der Waals surface area contributed by atoms with Gasteiger partial charge in [0.25, 0.3) is 5.91 Å². The molecular weight excluding hydrogens is 482 g/mol. The summed E-state index contributed by atoms with van der Waals surface area (Å²) < 4.78 is 0. The predicted octanol–water partition coefficient (Wildman–Crippen LogP) is 6.33. The SMILES string of the molecule is C=C(/C=C(\C)CN1CCC(c2ccc(C(=O)N(C)C)cc2)CC1)/C(=C\C=NC)c1ccc(N)c(C#N)c1.CC. The van der Waals surface area contributed by atoms with Crippen LogP contribution >= 0.6 is 0 Å². The monoisotopic (exact) mass is 525 g/mol. The summed E-state index contributed by atoms with van der Waals surface area (Å²) in [7, 11) is 5.27. The van der Waals surface area contributed by atoms with Crippen LogP contribution in [0.5, 0.6) is 0 Å². The Bertz CT molecular complexity index is 1250. The van der Waals surface area contributed by atoms with Crippen LogP contribution in [0, 0.1) is 11.3 Å². The van der Waals surface area contributed by atoms with Crippen LogP contribution in [-0.2, 0) is 0 Å². The first-order chi connectivity index (χ1) is 18.7. The van der Waals surface area contributed by atoms with Gasteiger partial charge in [0.15, 0.2) is 0 Å². The molecule has 206 valence electrons. The zero-order valence-electron chi connectivity index (χ0n) is 24.4. The summed E-state index contributed by atoms with van der Waals surface area (Å²) in [4.78, 5) is 20.3. The Morgan fingerprint density at radius 1 is 1.15 bits per heavy atom. The number of piperidine rings is 1. The first-order valence-electron chi connectivity index (χ1n) is 13.6. The molecule has 0 radical (unpaired) electrons. The number of anilines is 1. The summed E-state index contributed by atoms with van der Waals surface area (Å²) in [6, 6.07) is 15.7.